The van der Waals surface area contributed by atoms with E-state index in [9.17, 15) is 24.9 Å². The number of fused-ring (bicyclic) bond motifs is 1. The largest absolute Gasteiger partial charge is 0.507 e. The number of para-hydroxylation sites is 1. The van der Waals surface area contributed by atoms with Gasteiger partial charge in [0, 0.05) is 5.41 Å². The third kappa shape index (κ3) is 4.05. The number of phenolic OH excluding ortho intramolecular Hbond substituents is 1. The normalized spacial score (nSPS) is 36.8. The van der Waals surface area contributed by atoms with E-state index in [0.717, 1.165) is 24.8 Å². The molecule has 3 fully saturated rings. The number of phenols is 1. The van der Waals surface area contributed by atoms with Crippen LogP contribution in [-0.4, -0.2) is 52.7 Å². The van der Waals surface area contributed by atoms with Gasteiger partial charge in [-0.3, -0.25) is 0 Å². The molecule has 0 spiro atoms. The average molecular weight is 471 g/mol. The van der Waals surface area contributed by atoms with Gasteiger partial charge in [0.1, 0.15) is 17.9 Å². The number of rotatable bonds is 5. The van der Waals surface area contributed by atoms with Crippen molar-refractivity contribution in [3.63, 3.8) is 0 Å². The summed E-state index contributed by atoms with van der Waals surface area (Å²) in [5.41, 5.74) is 0.653. The minimum atomic E-state index is -0.851. The predicted octanol–water partition coefficient (Wildman–Crippen LogP) is 3.53. The van der Waals surface area contributed by atoms with Crippen molar-refractivity contribution < 1.29 is 34.4 Å². The number of hydrogen-bond donors (Lipinski definition) is 3. The first-order chi connectivity index (χ1) is 16.1. The molecule has 2 saturated carbocycles. The quantitative estimate of drug-likeness (QED) is 0.343. The van der Waals surface area contributed by atoms with Crippen LogP contribution >= 0.6 is 0 Å². The molecule has 1 aromatic rings. The number of carbonyl (C=O) groups excluding carboxylic acids is 2. The Labute approximate surface area is 200 Å². The van der Waals surface area contributed by atoms with Gasteiger partial charge in [0.15, 0.2) is 6.10 Å². The van der Waals surface area contributed by atoms with Gasteiger partial charge in [0.25, 0.3) is 0 Å². The fraction of sp³-hybridized carbons (Fsp3) is 0.556. The Bertz CT molecular complexity index is 1010. The molecule has 1 aromatic carbocycles. The van der Waals surface area contributed by atoms with Gasteiger partial charge >= 0.3 is 11.9 Å². The molecule has 0 amide bonds. The lowest BCUT2D eigenvalue weighted by atomic mass is 9.46. The van der Waals surface area contributed by atoms with Crippen molar-refractivity contribution in [3.8, 4) is 5.75 Å². The van der Waals surface area contributed by atoms with Gasteiger partial charge in [-0.15, -0.1) is 0 Å². The molecule has 184 valence electrons. The van der Waals surface area contributed by atoms with Crippen LogP contribution < -0.4 is 0 Å². The summed E-state index contributed by atoms with van der Waals surface area (Å²) in [6.07, 6.45) is 3.98. The number of ether oxygens (including phenoxy) is 2. The van der Waals surface area contributed by atoms with Crippen LogP contribution in [-0.2, 0) is 14.3 Å². The van der Waals surface area contributed by atoms with Crippen LogP contribution in [0.5, 0.6) is 5.75 Å². The molecular weight excluding hydrogens is 436 g/mol. The maximum atomic E-state index is 12.6. The van der Waals surface area contributed by atoms with Crippen molar-refractivity contribution in [2.24, 2.45) is 22.7 Å². The highest BCUT2D eigenvalue weighted by Gasteiger charge is 2.57. The van der Waals surface area contributed by atoms with Crippen LogP contribution in [0.2, 0.25) is 0 Å². The van der Waals surface area contributed by atoms with Crippen LogP contribution in [0.1, 0.15) is 56.3 Å². The van der Waals surface area contributed by atoms with Crippen molar-refractivity contribution in [2.75, 3.05) is 13.2 Å². The number of carbonyl (C=O) groups is 2. The summed E-state index contributed by atoms with van der Waals surface area (Å²) >= 11 is 0. The number of aliphatic hydroxyl groups is 2. The Hall–Kier alpha value is -2.64. The molecule has 7 nitrogen and oxygen atoms in total. The van der Waals surface area contributed by atoms with Gasteiger partial charge in [-0.05, 0) is 61.5 Å². The lowest BCUT2D eigenvalue weighted by Crippen LogP contribution is -2.57. The predicted molar refractivity (Wildman–Crippen MR) is 125 cm³/mol. The highest BCUT2D eigenvalue weighted by atomic mass is 16.6. The zero-order valence-electron chi connectivity index (χ0n) is 19.8. The summed E-state index contributed by atoms with van der Waals surface area (Å²) in [4.78, 5) is 25.0. The molecular formula is C27H34O7. The fourth-order valence-corrected chi connectivity index (χ4v) is 6.49. The average Bonchev–Trinajstić information content (AvgIpc) is 3.15. The summed E-state index contributed by atoms with van der Waals surface area (Å²) in [5, 5.41) is 30.8. The molecule has 6 atom stereocenters. The van der Waals surface area contributed by atoms with Crippen molar-refractivity contribution >= 4 is 11.9 Å². The monoisotopic (exact) mass is 470 g/mol. The molecule has 7 heteroatoms. The lowest BCUT2D eigenvalue weighted by molar-refractivity contribution is -0.151. The Balaban J connectivity index is 1.56. The molecule has 3 N–H and O–H groups in total. The lowest BCUT2D eigenvalue weighted by Gasteiger charge is -2.59. The number of aliphatic hydroxyl groups excluding tert-OH is 2. The van der Waals surface area contributed by atoms with Crippen molar-refractivity contribution in [3.05, 3.63) is 53.6 Å². The van der Waals surface area contributed by atoms with E-state index in [1.165, 1.54) is 12.1 Å². The van der Waals surface area contributed by atoms with Crippen LogP contribution in [0.25, 0.3) is 0 Å². The molecule has 2 aliphatic carbocycles. The molecule has 1 unspecified atom stereocenters. The second-order valence-corrected chi connectivity index (χ2v) is 10.4. The van der Waals surface area contributed by atoms with Gasteiger partial charge in [0.2, 0.25) is 0 Å². The zero-order valence-corrected chi connectivity index (χ0v) is 19.8. The van der Waals surface area contributed by atoms with Crippen molar-refractivity contribution in [1.82, 2.24) is 0 Å². The maximum absolute atomic E-state index is 12.6. The van der Waals surface area contributed by atoms with E-state index in [2.05, 4.69) is 13.5 Å². The number of aromatic hydroxyl groups is 1. The maximum Gasteiger partial charge on any atom is 0.342 e. The van der Waals surface area contributed by atoms with Crippen molar-refractivity contribution in [1.29, 1.82) is 0 Å². The Morgan fingerprint density at radius 1 is 1.29 bits per heavy atom. The molecule has 0 aromatic heterocycles. The number of cyclic esters (lactones) is 1. The van der Waals surface area contributed by atoms with Gasteiger partial charge in [-0.1, -0.05) is 44.2 Å². The van der Waals surface area contributed by atoms with Gasteiger partial charge in [0.05, 0.1) is 18.3 Å². The first-order valence-electron chi connectivity index (χ1n) is 11.9. The summed E-state index contributed by atoms with van der Waals surface area (Å²) in [7, 11) is 0. The highest BCUT2D eigenvalue weighted by molar-refractivity contribution is 5.95. The molecule has 3 aliphatic rings. The SMILES string of the molecule is C=C1CC[C@H]2[C@@](C)(CCC(O)[C@@]2(C)CO)[C@@H]1C/C=C1/C(=O)OC[C@H]1OC(=O)c1ccccc1O. The molecule has 4 rings (SSSR count). The van der Waals surface area contributed by atoms with Gasteiger partial charge in [-0.25, -0.2) is 9.59 Å². The number of esters is 2. The molecule has 1 saturated heterocycles. The summed E-state index contributed by atoms with van der Waals surface area (Å²) in [5.74, 6) is -1.25. The van der Waals surface area contributed by atoms with E-state index in [0.29, 0.717) is 18.4 Å². The second kappa shape index (κ2) is 9.19. The number of hydrogen-bond acceptors (Lipinski definition) is 7. The topological polar surface area (TPSA) is 113 Å². The smallest absolute Gasteiger partial charge is 0.342 e. The van der Waals surface area contributed by atoms with Gasteiger partial charge < -0.3 is 24.8 Å². The minimum absolute atomic E-state index is 0.0289. The molecule has 0 radical (unpaired) electrons. The minimum Gasteiger partial charge on any atom is -0.507 e. The van der Waals surface area contributed by atoms with Crippen molar-refractivity contribution in [2.45, 2.75) is 58.2 Å². The summed E-state index contributed by atoms with van der Waals surface area (Å²) in [6.45, 7) is 8.35. The third-order valence-electron chi connectivity index (χ3n) is 8.59. The second-order valence-electron chi connectivity index (χ2n) is 10.4. The fourth-order valence-electron chi connectivity index (χ4n) is 6.49. The molecule has 1 aliphatic heterocycles. The van der Waals surface area contributed by atoms with Gasteiger partial charge in [-0.2, -0.15) is 0 Å². The number of benzene rings is 1. The van der Waals surface area contributed by atoms with Crippen LogP contribution in [0, 0.1) is 22.7 Å². The Kier molecular flexibility index (Phi) is 6.62. The molecule has 1 heterocycles. The molecule has 0 bridgehead atoms. The van der Waals surface area contributed by atoms with E-state index >= 15 is 0 Å². The van der Waals surface area contributed by atoms with Crippen LogP contribution in [0.15, 0.2) is 48.1 Å². The molecule has 34 heavy (non-hydrogen) atoms. The van der Waals surface area contributed by atoms with E-state index in [4.69, 9.17) is 9.47 Å². The van der Waals surface area contributed by atoms with E-state index in [-0.39, 0.29) is 41.8 Å². The first kappa shape index (κ1) is 24.5. The highest BCUT2D eigenvalue weighted by Crippen LogP contribution is 2.61. The summed E-state index contributed by atoms with van der Waals surface area (Å²) < 4.78 is 10.7. The first-order valence-corrected chi connectivity index (χ1v) is 11.9. The van der Waals surface area contributed by atoms with Crippen LogP contribution in [0.4, 0.5) is 0 Å². The standard InChI is InChI=1S/C27H34O7/c1-16-8-11-22-26(2,13-12-23(30)27(22,3)15-28)19(16)10-9-18-21(14-33-24(18)31)34-25(32)17-6-4-5-7-20(17)29/h4-7,9,19,21-23,28-30H,1,8,10-15H2,2-3H3/b18-9+/t19-,21-,22+,23?,26+,27+/m1/s1. The third-order valence-corrected chi connectivity index (χ3v) is 8.59. The Morgan fingerprint density at radius 3 is 2.74 bits per heavy atom. The van der Waals surface area contributed by atoms with Crippen LogP contribution in [0.3, 0.4) is 0 Å². The van der Waals surface area contributed by atoms with E-state index in [1.54, 1.807) is 18.2 Å². The van der Waals surface area contributed by atoms with E-state index < -0.39 is 29.6 Å². The number of allylic oxidation sites excluding steroid dienone is 2. The van der Waals surface area contributed by atoms with E-state index in [1.807, 2.05) is 6.92 Å². The Morgan fingerprint density at radius 2 is 2.03 bits per heavy atom. The summed E-state index contributed by atoms with van der Waals surface area (Å²) in [6, 6.07) is 6.09. The zero-order chi connectivity index (χ0) is 24.7.